The van der Waals surface area contributed by atoms with Crippen molar-refractivity contribution in [2.75, 3.05) is 25.1 Å². The highest BCUT2D eigenvalue weighted by molar-refractivity contribution is 6.31. The van der Waals surface area contributed by atoms with Crippen LogP contribution in [0.5, 0.6) is 5.75 Å². The molecule has 154 valence electrons. The van der Waals surface area contributed by atoms with Crippen molar-refractivity contribution in [3.05, 3.63) is 63.2 Å². The summed E-state index contributed by atoms with van der Waals surface area (Å²) in [5.41, 5.74) is 1.62. The summed E-state index contributed by atoms with van der Waals surface area (Å²) in [6.45, 7) is 3.68. The highest BCUT2D eigenvalue weighted by Crippen LogP contribution is 2.29. The number of methoxy groups -OCH3 is 1. The Hall–Kier alpha value is -2.64. The number of non-ortho nitro benzene ring substituents is 1. The second kappa shape index (κ2) is 9.24. The van der Waals surface area contributed by atoms with Gasteiger partial charge in [-0.05, 0) is 36.6 Å². The van der Waals surface area contributed by atoms with Crippen molar-refractivity contribution in [1.29, 1.82) is 0 Å². The molecule has 1 fully saturated rings. The molecule has 2 aromatic rings. The lowest BCUT2D eigenvalue weighted by molar-refractivity contribution is -0.384. The maximum absolute atomic E-state index is 12.4. The molecule has 0 atom stereocenters. The number of hydrogen-bond donors (Lipinski definition) is 0. The van der Waals surface area contributed by atoms with Gasteiger partial charge >= 0.3 is 0 Å². The second-order valence-corrected chi connectivity index (χ2v) is 7.54. The molecular weight excluding hydrogens is 394 g/mol. The van der Waals surface area contributed by atoms with Crippen molar-refractivity contribution >= 4 is 28.9 Å². The Morgan fingerprint density at radius 3 is 2.62 bits per heavy atom. The highest BCUT2D eigenvalue weighted by atomic mass is 35.5. The van der Waals surface area contributed by atoms with Crippen molar-refractivity contribution in [3.8, 4) is 5.75 Å². The minimum absolute atomic E-state index is 0.00145. The Morgan fingerprint density at radius 2 is 2.00 bits per heavy atom. The first-order valence-electron chi connectivity index (χ1n) is 9.48. The summed E-state index contributed by atoms with van der Waals surface area (Å²) in [5, 5.41) is 11.5. The summed E-state index contributed by atoms with van der Waals surface area (Å²) in [6.07, 6.45) is 1.62. The van der Waals surface area contributed by atoms with Crippen LogP contribution in [0, 0.1) is 10.1 Å². The van der Waals surface area contributed by atoms with Crippen LogP contribution in [0.3, 0.4) is 0 Å². The topological polar surface area (TPSA) is 75.9 Å². The van der Waals surface area contributed by atoms with Crippen LogP contribution in [0.1, 0.15) is 25.3 Å². The summed E-state index contributed by atoms with van der Waals surface area (Å²) in [6, 6.07) is 12.1. The van der Waals surface area contributed by atoms with Gasteiger partial charge in [0.2, 0.25) is 5.91 Å². The third kappa shape index (κ3) is 5.05. The Balaban J connectivity index is 1.68. The van der Waals surface area contributed by atoms with Gasteiger partial charge in [-0.25, -0.2) is 0 Å². The third-order valence-corrected chi connectivity index (χ3v) is 5.60. The number of halogens is 1. The van der Waals surface area contributed by atoms with Crippen LogP contribution in [0.2, 0.25) is 5.02 Å². The molecule has 1 heterocycles. The number of hydrogen-bond acceptors (Lipinski definition) is 5. The molecule has 0 N–H and O–H groups in total. The van der Waals surface area contributed by atoms with Gasteiger partial charge in [-0.1, -0.05) is 17.7 Å². The van der Waals surface area contributed by atoms with Gasteiger partial charge in [0.25, 0.3) is 5.69 Å². The number of nitro benzene ring substituents is 1. The van der Waals surface area contributed by atoms with Crippen molar-refractivity contribution in [2.45, 2.75) is 32.4 Å². The highest BCUT2D eigenvalue weighted by Gasteiger charge is 2.28. The van der Waals surface area contributed by atoms with E-state index in [4.69, 9.17) is 16.3 Å². The van der Waals surface area contributed by atoms with E-state index >= 15 is 0 Å². The van der Waals surface area contributed by atoms with E-state index < -0.39 is 4.92 Å². The number of nitrogens with zero attached hydrogens (tertiary/aromatic N) is 3. The van der Waals surface area contributed by atoms with Crippen LogP contribution in [-0.2, 0) is 11.3 Å². The SMILES string of the molecule is COc1cccc(N(C(C)=O)C2CCN(Cc3cc([N+](=O)[O-])ccc3Cl)CC2)c1. The standard InChI is InChI=1S/C21H24ClN3O4/c1-15(26)24(18-4-3-5-20(13-18)29-2)17-8-10-23(11-9-17)14-16-12-19(25(27)28)6-7-21(16)22/h3-7,12-13,17H,8-11,14H2,1-2H3. The molecule has 1 amide bonds. The zero-order valence-electron chi connectivity index (χ0n) is 16.5. The minimum Gasteiger partial charge on any atom is -0.497 e. The predicted molar refractivity (Wildman–Crippen MR) is 113 cm³/mol. The van der Waals surface area contributed by atoms with Crippen molar-refractivity contribution in [1.82, 2.24) is 4.90 Å². The molecule has 0 bridgehead atoms. The van der Waals surface area contributed by atoms with Crippen LogP contribution >= 0.6 is 11.6 Å². The molecule has 0 aliphatic carbocycles. The molecule has 0 spiro atoms. The van der Waals surface area contributed by atoms with Crippen LogP contribution in [0.15, 0.2) is 42.5 Å². The average molecular weight is 418 g/mol. The van der Waals surface area contributed by atoms with Crippen LogP contribution in [-0.4, -0.2) is 42.0 Å². The molecule has 7 nitrogen and oxygen atoms in total. The average Bonchev–Trinajstić information content (AvgIpc) is 2.71. The minimum atomic E-state index is -0.412. The first-order valence-corrected chi connectivity index (χ1v) is 9.86. The lowest BCUT2D eigenvalue weighted by Gasteiger charge is -2.38. The molecule has 3 rings (SSSR count). The molecule has 1 aliphatic rings. The summed E-state index contributed by atoms with van der Waals surface area (Å²) in [7, 11) is 1.61. The normalized spacial score (nSPS) is 15.1. The lowest BCUT2D eigenvalue weighted by Crippen LogP contribution is -2.46. The van der Waals surface area contributed by atoms with E-state index in [1.54, 1.807) is 20.1 Å². The van der Waals surface area contributed by atoms with Crippen LogP contribution < -0.4 is 9.64 Å². The van der Waals surface area contributed by atoms with Gasteiger partial charge in [0.1, 0.15) is 5.75 Å². The van der Waals surface area contributed by atoms with E-state index in [0.717, 1.165) is 37.2 Å². The summed E-state index contributed by atoms with van der Waals surface area (Å²) < 4.78 is 5.29. The van der Waals surface area contributed by atoms with Gasteiger partial charge in [-0.15, -0.1) is 0 Å². The molecule has 29 heavy (non-hydrogen) atoms. The number of benzene rings is 2. The molecule has 0 saturated carbocycles. The van der Waals surface area contributed by atoms with Crippen molar-refractivity contribution < 1.29 is 14.5 Å². The largest absolute Gasteiger partial charge is 0.497 e. The number of ether oxygens (including phenoxy) is 1. The molecular formula is C21H24ClN3O4. The molecule has 0 unspecified atom stereocenters. The van der Waals surface area contributed by atoms with E-state index in [9.17, 15) is 14.9 Å². The molecule has 0 aromatic heterocycles. The number of piperidine rings is 1. The van der Waals surface area contributed by atoms with Gasteiger partial charge in [0.15, 0.2) is 0 Å². The van der Waals surface area contributed by atoms with E-state index in [1.165, 1.54) is 12.1 Å². The van der Waals surface area contributed by atoms with Crippen LogP contribution in [0.25, 0.3) is 0 Å². The summed E-state index contributed by atoms with van der Waals surface area (Å²) in [5.74, 6) is 0.713. The Morgan fingerprint density at radius 1 is 1.28 bits per heavy atom. The van der Waals surface area contributed by atoms with Gasteiger partial charge < -0.3 is 9.64 Å². The van der Waals surface area contributed by atoms with E-state index in [1.807, 2.05) is 29.2 Å². The summed E-state index contributed by atoms with van der Waals surface area (Å²) in [4.78, 5) is 27.0. The Labute approximate surface area is 175 Å². The first kappa shape index (κ1) is 21.1. The fourth-order valence-corrected chi connectivity index (χ4v) is 3.96. The van der Waals surface area contributed by atoms with Gasteiger partial charge in [-0.2, -0.15) is 0 Å². The maximum atomic E-state index is 12.4. The molecule has 1 saturated heterocycles. The predicted octanol–water partition coefficient (Wildman–Crippen LogP) is 4.27. The lowest BCUT2D eigenvalue weighted by atomic mass is 10.0. The Kier molecular flexibility index (Phi) is 6.71. The van der Waals surface area contributed by atoms with E-state index in [2.05, 4.69) is 4.90 Å². The number of amides is 1. The fraction of sp³-hybridized carbons (Fsp3) is 0.381. The van der Waals surface area contributed by atoms with Gasteiger partial charge in [0.05, 0.1) is 12.0 Å². The zero-order chi connectivity index (χ0) is 21.0. The third-order valence-electron chi connectivity index (χ3n) is 5.23. The van der Waals surface area contributed by atoms with Crippen LogP contribution in [0.4, 0.5) is 11.4 Å². The van der Waals surface area contributed by atoms with Gasteiger partial charge in [-0.3, -0.25) is 19.8 Å². The number of nitro groups is 1. The van der Waals surface area contributed by atoms with Crippen molar-refractivity contribution in [3.63, 3.8) is 0 Å². The monoisotopic (exact) mass is 417 g/mol. The molecule has 1 aliphatic heterocycles. The number of likely N-dealkylation sites (tertiary alicyclic amines) is 1. The molecule has 8 heteroatoms. The zero-order valence-corrected chi connectivity index (χ0v) is 17.3. The van der Waals surface area contributed by atoms with Gasteiger partial charge in [0, 0.05) is 61.5 Å². The Bertz CT molecular complexity index is 897. The fourth-order valence-electron chi connectivity index (χ4n) is 3.78. The molecule has 0 radical (unpaired) electrons. The second-order valence-electron chi connectivity index (χ2n) is 7.13. The summed E-state index contributed by atoms with van der Waals surface area (Å²) >= 11 is 6.24. The number of carbonyl (C=O) groups is 1. The maximum Gasteiger partial charge on any atom is 0.269 e. The first-order chi connectivity index (χ1) is 13.9. The molecule has 2 aromatic carbocycles. The number of carbonyl (C=O) groups excluding carboxylic acids is 1. The number of rotatable bonds is 6. The van der Waals surface area contributed by atoms with Crippen molar-refractivity contribution in [2.24, 2.45) is 0 Å². The van der Waals surface area contributed by atoms with E-state index in [-0.39, 0.29) is 17.6 Å². The smallest absolute Gasteiger partial charge is 0.269 e. The number of anilines is 1. The van der Waals surface area contributed by atoms with E-state index in [0.29, 0.717) is 17.3 Å². The quantitative estimate of drug-likeness (QED) is 0.518.